The zero-order valence-electron chi connectivity index (χ0n) is 20.5. The van der Waals surface area contributed by atoms with Crippen LogP contribution in [0.2, 0.25) is 0 Å². The summed E-state index contributed by atoms with van der Waals surface area (Å²) in [4.78, 5) is 21.0. The molecule has 2 aliphatic rings. The largest absolute Gasteiger partial charge is 0.497 e. The Morgan fingerprint density at radius 3 is 2.26 bits per heavy atom. The molecule has 1 N–H and O–H groups in total. The van der Waals surface area contributed by atoms with E-state index in [4.69, 9.17) is 14.5 Å². The lowest BCUT2D eigenvalue weighted by molar-refractivity contribution is -0.118. The van der Waals surface area contributed by atoms with Crippen LogP contribution in [0.1, 0.15) is 25.0 Å². The summed E-state index contributed by atoms with van der Waals surface area (Å²) in [5.41, 5.74) is 4.72. The number of aliphatic imine (C=N–C) groups is 1. The monoisotopic (exact) mass is 467 g/mol. The van der Waals surface area contributed by atoms with Gasteiger partial charge in [-0.2, -0.15) is 0 Å². The molecule has 5 rings (SSSR count). The number of hydrogen-bond donors (Lipinski definition) is 1. The number of rotatable bonds is 5. The molecule has 2 aliphatic heterocycles. The zero-order valence-corrected chi connectivity index (χ0v) is 20.5. The number of allylic oxidation sites excluding steroid dienone is 1. The summed E-state index contributed by atoms with van der Waals surface area (Å²) in [6, 6.07) is 23.9. The maximum atomic E-state index is 14.0. The molecule has 0 aliphatic carbocycles. The quantitative estimate of drug-likeness (QED) is 0.510. The van der Waals surface area contributed by atoms with E-state index in [9.17, 15) is 4.79 Å². The van der Waals surface area contributed by atoms with E-state index in [0.717, 1.165) is 22.6 Å². The fourth-order valence-electron chi connectivity index (χ4n) is 4.77. The van der Waals surface area contributed by atoms with Gasteiger partial charge in [-0.05, 0) is 31.0 Å². The number of ketones is 1. The van der Waals surface area contributed by atoms with Crippen molar-refractivity contribution < 1.29 is 14.3 Å². The van der Waals surface area contributed by atoms with Crippen LogP contribution in [0.4, 0.5) is 11.4 Å². The molecule has 2 heterocycles. The van der Waals surface area contributed by atoms with Crippen molar-refractivity contribution in [3.05, 3.63) is 95.2 Å². The Morgan fingerprint density at radius 1 is 0.943 bits per heavy atom. The lowest BCUT2D eigenvalue weighted by atomic mass is 9.96. The minimum absolute atomic E-state index is 0.0291. The summed E-state index contributed by atoms with van der Waals surface area (Å²) in [5.74, 6) is 1.98. The summed E-state index contributed by atoms with van der Waals surface area (Å²) < 4.78 is 11.1. The molecule has 6 heteroatoms. The van der Waals surface area contributed by atoms with E-state index in [1.807, 2.05) is 85.5 Å². The number of carbonyl (C=O) groups is 1. The molecule has 0 saturated carbocycles. The van der Waals surface area contributed by atoms with Crippen LogP contribution >= 0.6 is 0 Å². The number of ether oxygens (including phenoxy) is 2. The number of benzene rings is 3. The van der Waals surface area contributed by atoms with Crippen molar-refractivity contribution in [1.29, 1.82) is 0 Å². The number of Topliss-reactive ketones (excluding diaryl/α,β-unsaturated/α-hetero) is 1. The standard InChI is InChI=1S/C29H29N3O3/c1-29(2)27(33)26(25-14-20-12-8-9-13-24(20)31-25)28(30-18-19-10-6-5-7-11-19)32(29)21-15-22(34-3)17-23(16-21)35-4/h5-13,15-17,31H,14,18H2,1-4H3. The normalized spacial score (nSPS) is 19.6. The molecule has 1 saturated heterocycles. The topological polar surface area (TPSA) is 63.2 Å². The minimum atomic E-state index is -0.855. The van der Waals surface area contributed by atoms with Crippen LogP contribution in [0.25, 0.3) is 0 Å². The van der Waals surface area contributed by atoms with Gasteiger partial charge in [-0.25, -0.2) is 0 Å². The minimum Gasteiger partial charge on any atom is -0.497 e. The number of para-hydroxylation sites is 1. The number of carbonyl (C=O) groups excluding carboxylic acids is 1. The molecule has 1 fully saturated rings. The van der Waals surface area contributed by atoms with Gasteiger partial charge >= 0.3 is 0 Å². The highest BCUT2D eigenvalue weighted by molar-refractivity contribution is 6.37. The maximum Gasteiger partial charge on any atom is 0.193 e. The number of hydrogen-bond acceptors (Lipinski definition) is 5. The van der Waals surface area contributed by atoms with Crippen LogP contribution in [0, 0.1) is 0 Å². The van der Waals surface area contributed by atoms with Gasteiger partial charge in [-0.15, -0.1) is 0 Å². The van der Waals surface area contributed by atoms with Crippen LogP contribution in [0.5, 0.6) is 11.5 Å². The average Bonchev–Trinajstić information content (AvgIpc) is 3.38. The van der Waals surface area contributed by atoms with Crippen molar-refractivity contribution in [1.82, 2.24) is 0 Å². The van der Waals surface area contributed by atoms with Crippen molar-refractivity contribution in [2.45, 2.75) is 32.4 Å². The van der Waals surface area contributed by atoms with Crippen molar-refractivity contribution in [2.75, 3.05) is 24.4 Å². The van der Waals surface area contributed by atoms with E-state index in [1.165, 1.54) is 5.56 Å². The van der Waals surface area contributed by atoms with E-state index < -0.39 is 5.54 Å². The molecule has 0 bridgehead atoms. The second kappa shape index (κ2) is 8.95. The first-order valence-electron chi connectivity index (χ1n) is 11.7. The fourth-order valence-corrected chi connectivity index (χ4v) is 4.77. The predicted octanol–water partition coefficient (Wildman–Crippen LogP) is 5.39. The fraction of sp³-hybridized carbons (Fsp3) is 0.241. The number of nitrogens with one attached hydrogen (secondary N) is 1. The van der Waals surface area contributed by atoms with Crippen molar-refractivity contribution in [3.63, 3.8) is 0 Å². The lowest BCUT2D eigenvalue weighted by Gasteiger charge is -2.32. The first-order chi connectivity index (χ1) is 16.9. The van der Waals surface area contributed by atoms with E-state index >= 15 is 0 Å². The molecular weight excluding hydrogens is 438 g/mol. The van der Waals surface area contributed by atoms with Crippen LogP contribution in [-0.2, 0) is 17.8 Å². The van der Waals surface area contributed by atoms with E-state index in [1.54, 1.807) is 14.2 Å². The van der Waals surface area contributed by atoms with Gasteiger partial charge in [0.1, 0.15) is 22.9 Å². The Morgan fingerprint density at radius 2 is 1.60 bits per heavy atom. The highest BCUT2D eigenvalue weighted by atomic mass is 16.5. The third-order valence-corrected chi connectivity index (χ3v) is 6.60. The SMILES string of the molecule is COc1cc(OC)cc(N2C(=NCc3ccccc3)C(=C3Cc4ccccc4N3)C(=O)C2(C)C)c1. The maximum absolute atomic E-state index is 14.0. The van der Waals surface area contributed by atoms with Crippen LogP contribution in [0.15, 0.2) is 89.1 Å². The highest BCUT2D eigenvalue weighted by Crippen LogP contribution is 2.42. The van der Waals surface area contributed by atoms with E-state index in [-0.39, 0.29) is 5.78 Å². The van der Waals surface area contributed by atoms with Gasteiger partial charge in [-0.3, -0.25) is 9.79 Å². The summed E-state index contributed by atoms with van der Waals surface area (Å²) in [7, 11) is 3.24. The average molecular weight is 468 g/mol. The van der Waals surface area contributed by atoms with Gasteiger partial charge in [0, 0.05) is 36.0 Å². The molecule has 3 aromatic carbocycles. The van der Waals surface area contributed by atoms with Gasteiger partial charge in [0.25, 0.3) is 0 Å². The van der Waals surface area contributed by atoms with E-state index in [2.05, 4.69) is 11.4 Å². The van der Waals surface area contributed by atoms with Crippen molar-refractivity contribution in [2.24, 2.45) is 4.99 Å². The van der Waals surface area contributed by atoms with Gasteiger partial charge in [0.2, 0.25) is 0 Å². The van der Waals surface area contributed by atoms with Crippen molar-refractivity contribution in [3.8, 4) is 11.5 Å². The molecular formula is C29H29N3O3. The Kier molecular flexibility index (Phi) is 5.81. The number of amidine groups is 1. The van der Waals surface area contributed by atoms with Gasteiger partial charge in [-0.1, -0.05) is 48.5 Å². The van der Waals surface area contributed by atoms with Crippen molar-refractivity contribution >= 4 is 23.0 Å². The summed E-state index contributed by atoms with van der Waals surface area (Å²) >= 11 is 0. The number of methoxy groups -OCH3 is 2. The Balaban J connectivity index is 1.68. The molecule has 0 atom stereocenters. The lowest BCUT2D eigenvalue weighted by Crippen LogP contribution is -2.44. The molecule has 6 nitrogen and oxygen atoms in total. The number of nitrogens with zero attached hydrogens (tertiary/aromatic N) is 2. The molecule has 178 valence electrons. The zero-order chi connectivity index (χ0) is 24.6. The molecule has 0 aromatic heterocycles. The number of anilines is 2. The predicted molar refractivity (Wildman–Crippen MR) is 139 cm³/mol. The molecule has 3 aromatic rings. The second-order valence-corrected chi connectivity index (χ2v) is 9.23. The van der Waals surface area contributed by atoms with Gasteiger partial charge < -0.3 is 19.7 Å². The third-order valence-electron chi connectivity index (χ3n) is 6.60. The molecule has 35 heavy (non-hydrogen) atoms. The van der Waals surface area contributed by atoms with Gasteiger partial charge in [0.05, 0.1) is 32.0 Å². The number of fused-ring (bicyclic) bond motifs is 1. The first kappa shape index (κ1) is 22.7. The Hall–Kier alpha value is -4.06. The summed E-state index contributed by atoms with van der Waals surface area (Å²) in [6.07, 6.45) is 0.660. The third kappa shape index (κ3) is 4.05. The van der Waals surface area contributed by atoms with Crippen LogP contribution in [0.3, 0.4) is 0 Å². The van der Waals surface area contributed by atoms with Gasteiger partial charge in [0.15, 0.2) is 5.78 Å². The summed E-state index contributed by atoms with van der Waals surface area (Å²) in [5, 5.41) is 3.49. The summed E-state index contributed by atoms with van der Waals surface area (Å²) in [6.45, 7) is 4.34. The smallest absolute Gasteiger partial charge is 0.193 e. The Bertz CT molecular complexity index is 1290. The molecule has 0 radical (unpaired) electrons. The highest BCUT2D eigenvalue weighted by Gasteiger charge is 2.50. The molecule has 0 spiro atoms. The first-order valence-corrected chi connectivity index (χ1v) is 11.7. The van der Waals surface area contributed by atoms with Crippen LogP contribution in [-0.4, -0.2) is 31.4 Å². The molecule has 0 unspecified atom stereocenters. The second-order valence-electron chi connectivity index (χ2n) is 9.23. The Labute approximate surface area is 205 Å². The van der Waals surface area contributed by atoms with E-state index in [0.29, 0.717) is 35.9 Å². The molecule has 0 amide bonds. The van der Waals surface area contributed by atoms with Crippen LogP contribution < -0.4 is 19.7 Å².